The van der Waals surface area contributed by atoms with Crippen LogP contribution in [0.5, 0.6) is 0 Å². The maximum Gasteiger partial charge on any atom is 0.301 e. The van der Waals surface area contributed by atoms with Gasteiger partial charge in [0, 0.05) is 13.1 Å². The Labute approximate surface area is 115 Å². The molecule has 1 atom stereocenters. The van der Waals surface area contributed by atoms with Crippen LogP contribution in [0.1, 0.15) is 12.8 Å². The van der Waals surface area contributed by atoms with Crippen LogP contribution in [0, 0.1) is 5.82 Å². The van der Waals surface area contributed by atoms with E-state index in [1.807, 2.05) is 0 Å². The van der Waals surface area contributed by atoms with Crippen LogP contribution in [0.4, 0.5) is 14.5 Å². The van der Waals surface area contributed by atoms with Crippen molar-refractivity contribution >= 4 is 27.5 Å². The molecule has 8 heteroatoms. The van der Waals surface area contributed by atoms with E-state index in [0.29, 0.717) is 12.8 Å². The molecule has 1 aliphatic rings. The molecule has 1 aromatic rings. The zero-order chi connectivity index (χ0) is 14.0. The lowest BCUT2D eigenvalue weighted by molar-refractivity contribution is 0.203. The minimum absolute atomic E-state index is 0.0441. The van der Waals surface area contributed by atoms with Crippen LogP contribution >= 0.6 is 11.6 Å². The third-order valence-corrected chi connectivity index (χ3v) is 4.65. The fourth-order valence-electron chi connectivity index (χ4n) is 1.90. The minimum atomic E-state index is -4.00. The molecular formula is C11H13ClF2N2O2S. The summed E-state index contributed by atoms with van der Waals surface area (Å²) in [4.78, 5) is 0. The third-order valence-electron chi connectivity index (χ3n) is 2.86. The summed E-state index contributed by atoms with van der Waals surface area (Å²) in [5.74, 6) is -0.773. The van der Waals surface area contributed by atoms with E-state index in [4.69, 9.17) is 11.6 Å². The number of halogens is 3. The molecule has 0 spiro atoms. The van der Waals surface area contributed by atoms with Crippen LogP contribution in [0.3, 0.4) is 0 Å². The van der Waals surface area contributed by atoms with Gasteiger partial charge in [-0.2, -0.15) is 12.7 Å². The van der Waals surface area contributed by atoms with Crippen LogP contribution in [0.15, 0.2) is 18.2 Å². The van der Waals surface area contributed by atoms with Gasteiger partial charge in [0.05, 0.1) is 5.02 Å². The molecule has 19 heavy (non-hydrogen) atoms. The zero-order valence-electron chi connectivity index (χ0n) is 9.94. The third kappa shape index (κ3) is 3.34. The van der Waals surface area contributed by atoms with Gasteiger partial charge in [-0.15, -0.1) is 0 Å². The van der Waals surface area contributed by atoms with Gasteiger partial charge in [0.1, 0.15) is 17.7 Å². The highest BCUT2D eigenvalue weighted by atomic mass is 35.5. The number of benzene rings is 1. The van der Waals surface area contributed by atoms with Crippen molar-refractivity contribution in [3.63, 3.8) is 0 Å². The zero-order valence-corrected chi connectivity index (χ0v) is 11.5. The van der Waals surface area contributed by atoms with Gasteiger partial charge in [0.15, 0.2) is 0 Å². The van der Waals surface area contributed by atoms with Crippen LogP contribution in [0.2, 0.25) is 5.02 Å². The summed E-state index contributed by atoms with van der Waals surface area (Å²) >= 11 is 5.74. The molecule has 1 fully saturated rings. The van der Waals surface area contributed by atoms with E-state index in [2.05, 4.69) is 4.72 Å². The molecule has 0 saturated carbocycles. The number of para-hydroxylation sites is 1. The van der Waals surface area contributed by atoms with Crippen molar-refractivity contribution in [3.05, 3.63) is 29.0 Å². The second-order valence-electron chi connectivity index (χ2n) is 4.30. The van der Waals surface area contributed by atoms with Crippen molar-refractivity contribution in [2.24, 2.45) is 0 Å². The molecule has 2 rings (SSSR count). The van der Waals surface area contributed by atoms with Gasteiger partial charge in [0.25, 0.3) is 0 Å². The lowest BCUT2D eigenvalue weighted by Crippen LogP contribution is -2.43. The summed E-state index contributed by atoms with van der Waals surface area (Å²) in [6.45, 7) is -0.0107. The van der Waals surface area contributed by atoms with E-state index < -0.39 is 22.2 Å². The predicted octanol–water partition coefficient (Wildman–Crippen LogP) is 2.57. The van der Waals surface area contributed by atoms with E-state index in [0.717, 1.165) is 10.4 Å². The lowest BCUT2D eigenvalue weighted by atomic mass is 10.1. The molecule has 1 aliphatic heterocycles. The largest absolute Gasteiger partial charge is 0.301 e. The van der Waals surface area contributed by atoms with E-state index in [1.165, 1.54) is 12.1 Å². The summed E-state index contributed by atoms with van der Waals surface area (Å²) in [7, 11) is -4.00. The number of hydrogen-bond acceptors (Lipinski definition) is 2. The van der Waals surface area contributed by atoms with Crippen LogP contribution in [-0.4, -0.2) is 32.0 Å². The molecule has 1 heterocycles. The average molecular weight is 311 g/mol. The van der Waals surface area contributed by atoms with Crippen molar-refractivity contribution in [3.8, 4) is 0 Å². The van der Waals surface area contributed by atoms with Crippen molar-refractivity contribution in [2.75, 3.05) is 17.8 Å². The van der Waals surface area contributed by atoms with Gasteiger partial charge >= 0.3 is 10.2 Å². The number of piperidine rings is 1. The molecular weight excluding hydrogens is 298 g/mol. The Morgan fingerprint density at radius 2 is 2.16 bits per heavy atom. The van der Waals surface area contributed by atoms with Crippen molar-refractivity contribution in [1.29, 1.82) is 0 Å². The normalized spacial score (nSPS) is 21.3. The minimum Gasteiger partial charge on any atom is -0.266 e. The maximum absolute atomic E-state index is 13.5. The standard InChI is InChI=1S/C11H13ClF2N2O2S/c12-9-4-1-5-10(14)11(9)15-19(17,18)16-6-2-3-8(13)7-16/h1,4-5,8,15H,2-3,6-7H2. The maximum atomic E-state index is 13.5. The molecule has 4 nitrogen and oxygen atoms in total. The molecule has 0 bridgehead atoms. The highest BCUT2D eigenvalue weighted by Gasteiger charge is 2.29. The van der Waals surface area contributed by atoms with Crippen molar-refractivity contribution in [2.45, 2.75) is 19.0 Å². The number of alkyl halides is 1. The average Bonchev–Trinajstić information content (AvgIpc) is 2.34. The first-order valence-corrected chi connectivity index (χ1v) is 7.58. The second kappa shape index (κ2) is 5.60. The summed E-state index contributed by atoms with van der Waals surface area (Å²) in [5, 5.41) is -0.0441. The first-order chi connectivity index (χ1) is 8.90. The Bertz CT molecular complexity index is 548. The Morgan fingerprint density at radius 1 is 1.42 bits per heavy atom. The topological polar surface area (TPSA) is 49.4 Å². The SMILES string of the molecule is O=S(=O)(Nc1c(F)cccc1Cl)N1CCCC(F)C1. The highest BCUT2D eigenvalue weighted by molar-refractivity contribution is 7.90. The Hall–Kier alpha value is -0.920. The van der Waals surface area contributed by atoms with E-state index in [-0.39, 0.29) is 23.8 Å². The smallest absolute Gasteiger partial charge is 0.266 e. The molecule has 106 valence electrons. The number of rotatable bonds is 3. The number of hydrogen-bond donors (Lipinski definition) is 1. The quantitative estimate of drug-likeness (QED) is 0.933. The van der Waals surface area contributed by atoms with Crippen LogP contribution < -0.4 is 4.72 Å². The van der Waals surface area contributed by atoms with Gasteiger partial charge in [-0.25, -0.2) is 8.78 Å². The predicted molar refractivity (Wildman–Crippen MR) is 69.7 cm³/mol. The molecule has 0 aliphatic carbocycles. The number of nitrogens with one attached hydrogen (secondary N) is 1. The Balaban J connectivity index is 2.21. The molecule has 0 aromatic heterocycles. The van der Waals surface area contributed by atoms with Crippen molar-refractivity contribution in [1.82, 2.24) is 4.31 Å². The van der Waals surface area contributed by atoms with Crippen LogP contribution in [0.25, 0.3) is 0 Å². The molecule has 1 aromatic carbocycles. The first kappa shape index (κ1) is 14.5. The first-order valence-electron chi connectivity index (χ1n) is 5.76. The fourth-order valence-corrected chi connectivity index (χ4v) is 3.49. The Morgan fingerprint density at radius 3 is 2.79 bits per heavy atom. The van der Waals surface area contributed by atoms with Crippen molar-refractivity contribution < 1.29 is 17.2 Å². The monoisotopic (exact) mass is 310 g/mol. The summed E-state index contributed by atoms with van der Waals surface area (Å²) in [6, 6.07) is 3.84. The molecule has 0 radical (unpaired) electrons. The number of anilines is 1. The molecule has 1 unspecified atom stereocenters. The van der Waals surface area contributed by atoms with Gasteiger partial charge in [-0.05, 0) is 25.0 Å². The van der Waals surface area contributed by atoms with Gasteiger partial charge in [-0.3, -0.25) is 4.72 Å². The van der Waals surface area contributed by atoms with Crippen LogP contribution in [-0.2, 0) is 10.2 Å². The Kier molecular flexibility index (Phi) is 4.27. The van der Waals surface area contributed by atoms with E-state index in [1.54, 1.807) is 0 Å². The molecule has 1 saturated heterocycles. The van der Waals surface area contributed by atoms with Gasteiger partial charge < -0.3 is 0 Å². The van der Waals surface area contributed by atoms with E-state index >= 15 is 0 Å². The second-order valence-corrected chi connectivity index (χ2v) is 6.38. The lowest BCUT2D eigenvalue weighted by Gasteiger charge is -2.28. The molecule has 1 N–H and O–H groups in total. The molecule has 0 amide bonds. The van der Waals surface area contributed by atoms with Gasteiger partial charge in [0.2, 0.25) is 0 Å². The summed E-state index contributed by atoms with van der Waals surface area (Å²) in [6.07, 6.45) is -0.416. The summed E-state index contributed by atoms with van der Waals surface area (Å²) < 4.78 is 53.8. The van der Waals surface area contributed by atoms with E-state index in [9.17, 15) is 17.2 Å². The fraction of sp³-hybridized carbons (Fsp3) is 0.455. The number of nitrogens with zero attached hydrogens (tertiary/aromatic N) is 1. The summed E-state index contributed by atoms with van der Waals surface area (Å²) in [5.41, 5.74) is -0.315. The van der Waals surface area contributed by atoms with Gasteiger partial charge in [-0.1, -0.05) is 17.7 Å². The highest BCUT2D eigenvalue weighted by Crippen LogP contribution is 2.27.